The molecule has 2 heteroatoms. The molecule has 0 aromatic rings. The molecule has 1 nitrogen and oxygen atoms in total. The molecule has 2 aliphatic rings. The molecule has 0 aromatic heterocycles. The van der Waals surface area contributed by atoms with Gasteiger partial charge in [0.1, 0.15) is 0 Å². The van der Waals surface area contributed by atoms with E-state index in [0.29, 0.717) is 4.75 Å². The number of hydrogen-bond acceptors (Lipinski definition) is 1. The maximum atomic E-state index is 6.41. The summed E-state index contributed by atoms with van der Waals surface area (Å²) in [7, 11) is 0. The van der Waals surface area contributed by atoms with E-state index in [1.54, 1.807) is 8.81 Å². The molecule has 0 spiro atoms. The molecule has 1 aliphatic heterocycles. The minimum absolute atomic E-state index is 0.530. The molecule has 0 amide bonds. The number of allylic oxidation sites excluding steroid dienone is 8. The fourth-order valence-electron chi connectivity index (χ4n) is 3.14. The average Bonchev–Trinajstić information content (AvgIpc) is 2.90. The fraction of sp³-hybridized carbons (Fsp3) is 0.467. The van der Waals surface area contributed by atoms with Gasteiger partial charge in [-0.2, -0.15) is 0 Å². The van der Waals surface area contributed by atoms with Crippen molar-refractivity contribution in [3.63, 3.8) is 0 Å². The van der Waals surface area contributed by atoms with E-state index in [9.17, 15) is 0 Å². The first-order valence-corrected chi connectivity index (χ1v) is 10.6. The van der Waals surface area contributed by atoms with Crippen molar-refractivity contribution in [1.82, 2.24) is 0 Å². The molecule has 0 N–H and O–H groups in total. The molecular weight excluding hydrogens is 269 g/mol. The van der Waals surface area contributed by atoms with Crippen LogP contribution in [0.3, 0.4) is 0 Å². The van der Waals surface area contributed by atoms with E-state index in [2.05, 4.69) is 58.9 Å². The second kappa shape index (κ2) is 4.62. The van der Waals surface area contributed by atoms with Gasteiger partial charge in [0.2, 0.25) is 0 Å². The zero-order valence-corrected chi connectivity index (χ0v) is 13.6. The van der Waals surface area contributed by atoms with Gasteiger partial charge in [-0.25, -0.2) is 0 Å². The minimum atomic E-state index is -2.55. The molecule has 0 bridgehead atoms. The van der Waals surface area contributed by atoms with Gasteiger partial charge >= 0.3 is 108 Å². The van der Waals surface area contributed by atoms with E-state index in [4.69, 9.17) is 3.76 Å². The first-order valence-electron chi connectivity index (χ1n) is 6.41. The van der Waals surface area contributed by atoms with Crippen molar-refractivity contribution in [1.29, 1.82) is 0 Å². The molecule has 0 saturated carbocycles. The van der Waals surface area contributed by atoms with Crippen LogP contribution in [0.25, 0.3) is 0 Å². The summed E-state index contributed by atoms with van der Waals surface area (Å²) in [6, 6.07) is 0. The van der Waals surface area contributed by atoms with Gasteiger partial charge in [-0.1, -0.05) is 0 Å². The van der Waals surface area contributed by atoms with Gasteiger partial charge in [-0.15, -0.1) is 0 Å². The summed E-state index contributed by atoms with van der Waals surface area (Å²) in [5.41, 5.74) is 2.95. The van der Waals surface area contributed by atoms with Crippen LogP contribution in [0, 0.1) is 0 Å². The number of hydrogen-bond donors (Lipinski definition) is 0. The van der Waals surface area contributed by atoms with E-state index in [1.165, 1.54) is 11.1 Å². The van der Waals surface area contributed by atoms with Gasteiger partial charge in [0.05, 0.1) is 0 Å². The van der Waals surface area contributed by atoms with Crippen molar-refractivity contribution in [3.05, 3.63) is 44.3 Å². The van der Waals surface area contributed by atoms with Crippen LogP contribution < -0.4 is 0 Å². The third kappa shape index (κ3) is 1.71. The van der Waals surface area contributed by atoms with Gasteiger partial charge in [-0.05, 0) is 0 Å². The molecule has 0 atom stereocenters. The summed E-state index contributed by atoms with van der Waals surface area (Å²) in [6.45, 7) is 12.0. The molecule has 92 valence electrons. The molecule has 0 radical (unpaired) electrons. The van der Waals surface area contributed by atoms with E-state index in [1.807, 2.05) is 0 Å². The summed E-state index contributed by atoms with van der Waals surface area (Å²) in [6.07, 6.45) is 8.99. The second-order valence-corrected chi connectivity index (χ2v) is 13.2. The Kier molecular flexibility index (Phi) is 3.51. The van der Waals surface area contributed by atoms with E-state index in [-0.39, 0.29) is 0 Å². The van der Waals surface area contributed by atoms with Crippen molar-refractivity contribution < 1.29 is 3.76 Å². The Morgan fingerprint density at radius 2 is 1.47 bits per heavy atom. The van der Waals surface area contributed by atoms with Crippen LogP contribution in [0.15, 0.2) is 44.3 Å². The topological polar surface area (TPSA) is 9.23 Å². The molecule has 1 heterocycles. The average molecular weight is 291 g/mol. The molecular formula is C15H22GeO. The summed E-state index contributed by atoms with van der Waals surface area (Å²) in [4.78, 5) is 0. The Morgan fingerprint density at radius 1 is 1.00 bits per heavy atom. The Morgan fingerprint density at radius 3 is 1.88 bits per heavy atom. The van der Waals surface area contributed by atoms with Crippen molar-refractivity contribution >= 4 is 13.6 Å². The third-order valence-electron chi connectivity index (χ3n) is 4.39. The van der Waals surface area contributed by atoms with Crippen LogP contribution in [0.4, 0.5) is 0 Å². The van der Waals surface area contributed by atoms with Crippen molar-refractivity contribution in [2.45, 2.75) is 39.4 Å². The Bertz CT molecular complexity index is 416. The van der Waals surface area contributed by atoms with Gasteiger partial charge in [0.25, 0.3) is 0 Å². The molecule has 0 unspecified atom stereocenters. The van der Waals surface area contributed by atoms with Gasteiger partial charge in [0.15, 0.2) is 0 Å². The van der Waals surface area contributed by atoms with Gasteiger partial charge in [-0.3, -0.25) is 0 Å². The van der Waals surface area contributed by atoms with Crippen LogP contribution in [-0.2, 0) is 3.76 Å². The first-order chi connectivity index (χ1) is 8.05. The van der Waals surface area contributed by atoms with Crippen molar-refractivity contribution in [2.75, 3.05) is 6.61 Å². The van der Waals surface area contributed by atoms with Crippen LogP contribution >= 0.6 is 0 Å². The summed E-state index contributed by atoms with van der Waals surface area (Å²) >= 11 is -2.55. The molecule has 0 saturated heterocycles. The molecule has 0 fully saturated rings. The van der Waals surface area contributed by atoms with Crippen LogP contribution in [0.1, 0.15) is 34.6 Å². The Balaban J connectivity index is 2.56. The SMILES string of the molecule is CC[O][Ge]1([CH]2C=CC=C2)[C](C)=C(C)C(C)=[C]1C. The van der Waals surface area contributed by atoms with E-state index < -0.39 is 13.6 Å². The fourth-order valence-corrected chi connectivity index (χ4v) is 13.4. The van der Waals surface area contributed by atoms with Crippen LogP contribution in [0.5, 0.6) is 0 Å². The maximum absolute atomic E-state index is 6.41. The summed E-state index contributed by atoms with van der Waals surface area (Å²) < 4.78 is 10.1. The monoisotopic (exact) mass is 292 g/mol. The summed E-state index contributed by atoms with van der Waals surface area (Å²) in [5, 5.41) is 0. The molecule has 2 rings (SSSR count). The summed E-state index contributed by atoms with van der Waals surface area (Å²) in [5.74, 6) is 0. The zero-order chi connectivity index (χ0) is 12.6. The first kappa shape index (κ1) is 12.9. The molecule has 0 aromatic carbocycles. The van der Waals surface area contributed by atoms with Crippen molar-refractivity contribution in [2.24, 2.45) is 0 Å². The molecule has 17 heavy (non-hydrogen) atoms. The Labute approximate surface area is 108 Å². The predicted octanol–water partition coefficient (Wildman–Crippen LogP) is 4.23. The quantitative estimate of drug-likeness (QED) is 0.707. The second-order valence-electron chi connectivity index (χ2n) is 4.96. The third-order valence-corrected chi connectivity index (χ3v) is 15.0. The van der Waals surface area contributed by atoms with Crippen molar-refractivity contribution in [3.8, 4) is 0 Å². The van der Waals surface area contributed by atoms with Crippen LogP contribution in [0.2, 0.25) is 4.75 Å². The standard InChI is InChI=1S/C15H22GeO/c1-6-17-16(15-9-7-8-10-15)13(4)11(2)12(3)14(16)5/h7-10,15H,6H2,1-5H3. The van der Waals surface area contributed by atoms with E-state index in [0.717, 1.165) is 6.61 Å². The molecule has 1 aliphatic carbocycles. The van der Waals surface area contributed by atoms with Gasteiger partial charge < -0.3 is 0 Å². The number of rotatable bonds is 3. The Hall–Kier alpha value is -0.537. The van der Waals surface area contributed by atoms with Gasteiger partial charge in [0, 0.05) is 0 Å². The zero-order valence-electron chi connectivity index (χ0n) is 11.5. The predicted molar refractivity (Wildman–Crippen MR) is 76.2 cm³/mol. The normalized spacial score (nSPS) is 23.4. The van der Waals surface area contributed by atoms with Crippen LogP contribution in [-0.4, -0.2) is 20.2 Å². The van der Waals surface area contributed by atoms with E-state index >= 15 is 0 Å².